The summed E-state index contributed by atoms with van der Waals surface area (Å²) in [5.41, 5.74) is 7.86. The molecule has 19 heavy (non-hydrogen) atoms. The lowest BCUT2D eigenvalue weighted by atomic mass is 10.1. The van der Waals surface area contributed by atoms with Crippen LogP contribution in [0, 0.1) is 0 Å². The first kappa shape index (κ1) is 13.4. The molecule has 2 aromatic carbocycles. The van der Waals surface area contributed by atoms with Gasteiger partial charge in [0.25, 0.3) is 0 Å². The molecule has 0 amide bonds. The highest BCUT2D eigenvalue weighted by Gasteiger charge is 2.05. The molecular formula is C15H15ClN2O. The van der Waals surface area contributed by atoms with Crippen LogP contribution >= 0.6 is 11.6 Å². The molecule has 2 aromatic rings. The van der Waals surface area contributed by atoms with Crippen LogP contribution in [0.2, 0.25) is 5.02 Å². The number of carbonyl (C=O) groups excluding carboxylic acids is 1. The van der Waals surface area contributed by atoms with Crippen LogP contribution in [0.15, 0.2) is 48.5 Å². The second-order valence-electron chi connectivity index (χ2n) is 4.23. The van der Waals surface area contributed by atoms with Gasteiger partial charge in [0.2, 0.25) is 0 Å². The number of Topliss-reactive ketones (excluding diaryl/α,β-unsaturated/α-hetero) is 1. The predicted octanol–water partition coefficient (Wildman–Crippen LogP) is 3.61. The number of nitrogen functional groups attached to an aromatic ring is 1. The molecule has 4 heteroatoms. The van der Waals surface area contributed by atoms with E-state index >= 15 is 0 Å². The number of nitrogens with one attached hydrogen (secondary N) is 1. The second kappa shape index (κ2) is 6.25. The third kappa shape index (κ3) is 4.00. The molecule has 0 aromatic heterocycles. The first-order chi connectivity index (χ1) is 9.15. The SMILES string of the molecule is Nc1cccc(C(=O)CCNc2ccc(Cl)cc2)c1. The second-order valence-corrected chi connectivity index (χ2v) is 4.67. The lowest BCUT2D eigenvalue weighted by Crippen LogP contribution is -2.09. The van der Waals surface area contributed by atoms with Crippen molar-refractivity contribution in [1.29, 1.82) is 0 Å². The minimum Gasteiger partial charge on any atom is -0.399 e. The van der Waals surface area contributed by atoms with Gasteiger partial charge in [-0.3, -0.25) is 4.79 Å². The van der Waals surface area contributed by atoms with Crippen molar-refractivity contribution in [2.75, 3.05) is 17.6 Å². The van der Waals surface area contributed by atoms with Gasteiger partial charge in [-0.15, -0.1) is 0 Å². The average molecular weight is 275 g/mol. The smallest absolute Gasteiger partial charge is 0.164 e. The fourth-order valence-electron chi connectivity index (χ4n) is 1.74. The summed E-state index contributed by atoms with van der Waals surface area (Å²) in [6.07, 6.45) is 0.423. The van der Waals surface area contributed by atoms with Crippen molar-refractivity contribution in [3.8, 4) is 0 Å². The fraction of sp³-hybridized carbons (Fsp3) is 0.133. The third-order valence-corrected chi connectivity index (χ3v) is 2.99. The Morgan fingerprint density at radius 1 is 1.16 bits per heavy atom. The molecule has 0 aliphatic carbocycles. The Morgan fingerprint density at radius 2 is 1.89 bits per heavy atom. The molecule has 3 N–H and O–H groups in total. The lowest BCUT2D eigenvalue weighted by Gasteiger charge is -2.06. The minimum absolute atomic E-state index is 0.0776. The van der Waals surface area contributed by atoms with E-state index in [0.717, 1.165) is 5.69 Å². The molecule has 0 aliphatic rings. The summed E-state index contributed by atoms with van der Waals surface area (Å²) in [7, 11) is 0. The monoisotopic (exact) mass is 274 g/mol. The summed E-state index contributed by atoms with van der Waals surface area (Å²) >= 11 is 5.80. The number of ketones is 1. The van der Waals surface area contributed by atoms with Gasteiger partial charge in [-0.05, 0) is 36.4 Å². The van der Waals surface area contributed by atoms with E-state index in [2.05, 4.69) is 5.32 Å². The molecule has 98 valence electrons. The number of anilines is 2. The van der Waals surface area contributed by atoms with E-state index in [0.29, 0.717) is 29.2 Å². The van der Waals surface area contributed by atoms with E-state index in [-0.39, 0.29) is 5.78 Å². The number of halogens is 1. The summed E-state index contributed by atoms with van der Waals surface area (Å²) in [5, 5.41) is 3.87. The van der Waals surface area contributed by atoms with E-state index in [1.165, 1.54) is 0 Å². The molecule has 0 fully saturated rings. The molecule has 0 atom stereocenters. The Hall–Kier alpha value is -2.00. The van der Waals surface area contributed by atoms with E-state index in [9.17, 15) is 4.79 Å². The molecule has 2 rings (SSSR count). The maximum Gasteiger partial charge on any atom is 0.164 e. The summed E-state index contributed by atoms with van der Waals surface area (Å²) in [6, 6.07) is 14.4. The van der Waals surface area contributed by atoms with Gasteiger partial charge < -0.3 is 11.1 Å². The number of hydrogen-bond donors (Lipinski definition) is 2. The summed E-state index contributed by atoms with van der Waals surface area (Å²) in [4.78, 5) is 11.9. The summed E-state index contributed by atoms with van der Waals surface area (Å²) < 4.78 is 0. The van der Waals surface area contributed by atoms with Gasteiger partial charge in [0.1, 0.15) is 0 Å². The van der Waals surface area contributed by atoms with Crippen molar-refractivity contribution in [3.05, 3.63) is 59.1 Å². The average Bonchev–Trinajstić information content (AvgIpc) is 2.41. The van der Waals surface area contributed by atoms with Crippen molar-refractivity contribution >= 4 is 28.8 Å². The van der Waals surface area contributed by atoms with E-state index in [1.807, 2.05) is 24.3 Å². The maximum atomic E-state index is 11.9. The Labute approximate surface area is 117 Å². The largest absolute Gasteiger partial charge is 0.399 e. The van der Waals surface area contributed by atoms with E-state index in [1.54, 1.807) is 24.3 Å². The Bertz CT molecular complexity index is 567. The van der Waals surface area contributed by atoms with Gasteiger partial charge in [0, 0.05) is 34.9 Å². The zero-order valence-electron chi connectivity index (χ0n) is 10.4. The zero-order valence-corrected chi connectivity index (χ0v) is 11.2. The number of rotatable bonds is 5. The highest BCUT2D eigenvalue weighted by Crippen LogP contribution is 2.14. The molecule has 0 radical (unpaired) electrons. The molecule has 0 spiro atoms. The molecule has 0 heterocycles. The molecule has 0 saturated carbocycles. The zero-order chi connectivity index (χ0) is 13.7. The van der Waals surface area contributed by atoms with E-state index < -0.39 is 0 Å². The van der Waals surface area contributed by atoms with Gasteiger partial charge in [0.15, 0.2) is 5.78 Å². The number of nitrogens with two attached hydrogens (primary N) is 1. The van der Waals surface area contributed by atoms with Crippen LogP contribution in [-0.2, 0) is 0 Å². The van der Waals surface area contributed by atoms with Crippen LogP contribution in [0.1, 0.15) is 16.8 Å². The van der Waals surface area contributed by atoms with Crippen molar-refractivity contribution in [3.63, 3.8) is 0 Å². The Morgan fingerprint density at radius 3 is 2.58 bits per heavy atom. The van der Waals surface area contributed by atoms with Gasteiger partial charge in [-0.2, -0.15) is 0 Å². The Balaban J connectivity index is 1.86. The Kier molecular flexibility index (Phi) is 4.42. The van der Waals surface area contributed by atoms with Crippen LogP contribution in [0.5, 0.6) is 0 Å². The standard InChI is InChI=1S/C15H15ClN2O/c16-12-4-6-14(7-5-12)18-9-8-15(19)11-2-1-3-13(17)10-11/h1-7,10,18H,8-9,17H2. The topological polar surface area (TPSA) is 55.1 Å². The number of carbonyl (C=O) groups is 1. The molecule has 0 unspecified atom stereocenters. The van der Waals surface area contributed by atoms with Crippen LogP contribution in [0.4, 0.5) is 11.4 Å². The minimum atomic E-state index is 0.0776. The van der Waals surface area contributed by atoms with Gasteiger partial charge in [-0.25, -0.2) is 0 Å². The highest BCUT2D eigenvalue weighted by molar-refractivity contribution is 6.30. The van der Waals surface area contributed by atoms with Crippen molar-refractivity contribution in [1.82, 2.24) is 0 Å². The van der Waals surface area contributed by atoms with E-state index in [4.69, 9.17) is 17.3 Å². The van der Waals surface area contributed by atoms with Crippen LogP contribution < -0.4 is 11.1 Å². The first-order valence-electron chi connectivity index (χ1n) is 6.03. The first-order valence-corrected chi connectivity index (χ1v) is 6.41. The van der Waals surface area contributed by atoms with Gasteiger partial charge in [-0.1, -0.05) is 23.7 Å². The van der Waals surface area contributed by atoms with Crippen LogP contribution in [-0.4, -0.2) is 12.3 Å². The maximum absolute atomic E-state index is 11.9. The van der Waals surface area contributed by atoms with Gasteiger partial charge in [0.05, 0.1) is 0 Å². The quantitative estimate of drug-likeness (QED) is 0.647. The highest BCUT2D eigenvalue weighted by atomic mass is 35.5. The summed E-state index contributed by atoms with van der Waals surface area (Å²) in [6.45, 7) is 0.579. The molecule has 0 aliphatic heterocycles. The van der Waals surface area contributed by atoms with Crippen LogP contribution in [0.3, 0.4) is 0 Å². The fourth-order valence-corrected chi connectivity index (χ4v) is 1.87. The predicted molar refractivity (Wildman–Crippen MR) is 79.7 cm³/mol. The van der Waals surface area contributed by atoms with Crippen molar-refractivity contribution < 1.29 is 4.79 Å². The molecular weight excluding hydrogens is 260 g/mol. The van der Waals surface area contributed by atoms with Crippen molar-refractivity contribution in [2.24, 2.45) is 0 Å². The summed E-state index contributed by atoms with van der Waals surface area (Å²) in [5.74, 6) is 0.0776. The number of benzene rings is 2. The normalized spacial score (nSPS) is 10.2. The van der Waals surface area contributed by atoms with Crippen molar-refractivity contribution in [2.45, 2.75) is 6.42 Å². The third-order valence-electron chi connectivity index (χ3n) is 2.73. The molecule has 3 nitrogen and oxygen atoms in total. The molecule has 0 bridgehead atoms. The number of hydrogen-bond acceptors (Lipinski definition) is 3. The molecule has 0 saturated heterocycles. The lowest BCUT2D eigenvalue weighted by molar-refractivity contribution is 0.0986. The van der Waals surface area contributed by atoms with Crippen LogP contribution in [0.25, 0.3) is 0 Å². The van der Waals surface area contributed by atoms with Gasteiger partial charge >= 0.3 is 0 Å².